The largest absolute Gasteiger partial charge is 0.299 e. The number of halogens is 1. The van der Waals surface area contributed by atoms with Gasteiger partial charge in [-0.2, -0.15) is 5.10 Å². The molecule has 0 amide bonds. The lowest BCUT2D eigenvalue weighted by molar-refractivity contribution is 0.277. The zero-order valence-corrected chi connectivity index (χ0v) is 24.0. The number of aromatic nitrogens is 2. The number of alkyl halides is 1. The SMILES string of the molecule is C=C1/C=C\n2ncc(c2C)-c2cccc(c2)CCCN(C(=C)C)N1.CCCC.CCCC.CCCF. The average molecular weight is 499 g/mol. The number of rotatable bonds is 4. The van der Waals surface area contributed by atoms with E-state index in [9.17, 15) is 4.39 Å². The van der Waals surface area contributed by atoms with Crippen LogP contribution in [0, 0.1) is 6.92 Å². The second kappa shape index (κ2) is 20.4. The Bertz CT molecular complexity index is 882. The van der Waals surface area contributed by atoms with Crippen molar-refractivity contribution in [1.82, 2.24) is 20.2 Å². The molecule has 0 radical (unpaired) electrons. The van der Waals surface area contributed by atoms with Gasteiger partial charge in [-0.1, -0.05) is 97.7 Å². The Morgan fingerprint density at radius 2 is 1.67 bits per heavy atom. The number of hydrogen-bond acceptors (Lipinski definition) is 3. The first-order valence-corrected chi connectivity index (χ1v) is 13.5. The second-order valence-corrected chi connectivity index (χ2v) is 8.92. The molecule has 1 aromatic carbocycles. The van der Waals surface area contributed by atoms with Crippen LogP contribution < -0.4 is 5.43 Å². The highest BCUT2D eigenvalue weighted by atomic mass is 19.1. The minimum Gasteiger partial charge on any atom is -0.299 e. The second-order valence-electron chi connectivity index (χ2n) is 8.92. The monoisotopic (exact) mass is 498 g/mol. The van der Waals surface area contributed by atoms with Crippen LogP contribution in [0.15, 0.2) is 61.1 Å². The number of nitrogens with zero attached hydrogens (tertiary/aromatic N) is 3. The third kappa shape index (κ3) is 13.3. The fraction of sp³-hybridized carbons (Fsp3) is 0.516. The van der Waals surface area contributed by atoms with E-state index >= 15 is 0 Å². The molecule has 0 aliphatic carbocycles. The maximum atomic E-state index is 10.7. The molecule has 1 aliphatic rings. The normalized spacial score (nSPS) is 13.3. The Balaban J connectivity index is 0.000000857. The molecular formula is C31H51FN4. The van der Waals surface area contributed by atoms with Gasteiger partial charge in [-0.15, -0.1) is 0 Å². The number of fused-ring (bicyclic) bond motifs is 5. The fourth-order valence-corrected chi connectivity index (χ4v) is 2.91. The zero-order valence-electron chi connectivity index (χ0n) is 24.0. The molecule has 36 heavy (non-hydrogen) atoms. The third-order valence-electron chi connectivity index (χ3n) is 5.48. The summed E-state index contributed by atoms with van der Waals surface area (Å²) in [5.74, 6) is 0. The van der Waals surface area contributed by atoms with Crippen molar-refractivity contribution >= 4 is 6.20 Å². The molecule has 0 spiro atoms. The zero-order chi connectivity index (χ0) is 27.3. The van der Waals surface area contributed by atoms with E-state index in [4.69, 9.17) is 0 Å². The van der Waals surface area contributed by atoms with E-state index in [-0.39, 0.29) is 6.67 Å². The summed E-state index contributed by atoms with van der Waals surface area (Å²) in [6, 6.07) is 8.72. The minimum absolute atomic E-state index is 0.181. The Labute approximate surface area is 221 Å². The molecule has 0 saturated carbocycles. The van der Waals surface area contributed by atoms with Gasteiger partial charge in [0.2, 0.25) is 0 Å². The van der Waals surface area contributed by atoms with Gasteiger partial charge in [0.25, 0.3) is 0 Å². The Hall–Kier alpha value is -2.82. The fourth-order valence-electron chi connectivity index (χ4n) is 2.91. The molecule has 1 aliphatic heterocycles. The van der Waals surface area contributed by atoms with E-state index < -0.39 is 0 Å². The Morgan fingerprint density at radius 1 is 1.06 bits per heavy atom. The topological polar surface area (TPSA) is 33.1 Å². The summed E-state index contributed by atoms with van der Waals surface area (Å²) < 4.78 is 12.6. The molecule has 4 nitrogen and oxygen atoms in total. The van der Waals surface area contributed by atoms with Gasteiger partial charge in [0.15, 0.2) is 0 Å². The van der Waals surface area contributed by atoms with Crippen molar-refractivity contribution in [1.29, 1.82) is 0 Å². The maximum absolute atomic E-state index is 10.7. The number of hydrazine groups is 1. The molecule has 1 aromatic heterocycles. The van der Waals surface area contributed by atoms with Gasteiger partial charge in [0.1, 0.15) is 0 Å². The van der Waals surface area contributed by atoms with Crippen LogP contribution >= 0.6 is 0 Å². The van der Waals surface area contributed by atoms with Gasteiger partial charge in [0.05, 0.1) is 12.9 Å². The number of hydrogen-bond donors (Lipinski definition) is 1. The minimum atomic E-state index is -0.181. The van der Waals surface area contributed by atoms with Crippen LogP contribution in [0.3, 0.4) is 0 Å². The summed E-state index contributed by atoms with van der Waals surface area (Å²) in [5.41, 5.74) is 9.93. The highest BCUT2D eigenvalue weighted by molar-refractivity contribution is 5.66. The summed E-state index contributed by atoms with van der Waals surface area (Å²) in [6.45, 7) is 23.4. The van der Waals surface area contributed by atoms with E-state index in [2.05, 4.69) is 82.6 Å². The maximum Gasteiger partial charge on any atom is 0.0891 e. The van der Waals surface area contributed by atoms with E-state index in [1.165, 1.54) is 42.4 Å². The molecule has 0 fully saturated rings. The molecule has 0 saturated heterocycles. The van der Waals surface area contributed by atoms with Crippen molar-refractivity contribution in [3.05, 3.63) is 72.3 Å². The van der Waals surface area contributed by atoms with Crippen LogP contribution in [0.25, 0.3) is 17.3 Å². The van der Waals surface area contributed by atoms with Gasteiger partial charge in [0, 0.05) is 35.4 Å². The van der Waals surface area contributed by atoms with E-state index in [0.29, 0.717) is 6.42 Å². The van der Waals surface area contributed by atoms with Gasteiger partial charge in [-0.3, -0.25) is 14.8 Å². The quantitative estimate of drug-likeness (QED) is 0.456. The lowest BCUT2D eigenvalue weighted by Crippen LogP contribution is -2.35. The third-order valence-corrected chi connectivity index (χ3v) is 5.48. The van der Waals surface area contributed by atoms with Crippen LogP contribution in [-0.2, 0) is 6.42 Å². The van der Waals surface area contributed by atoms with E-state index in [1.807, 2.05) is 35.1 Å². The molecule has 2 heterocycles. The highest BCUT2D eigenvalue weighted by Crippen LogP contribution is 2.25. The molecular weight excluding hydrogens is 447 g/mol. The van der Waals surface area contributed by atoms with Crippen LogP contribution in [0.1, 0.15) is 91.3 Å². The molecule has 4 bridgehead atoms. The van der Waals surface area contributed by atoms with Crippen molar-refractivity contribution in [3.8, 4) is 11.1 Å². The predicted molar refractivity (Wildman–Crippen MR) is 157 cm³/mol. The van der Waals surface area contributed by atoms with Gasteiger partial charge in [-0.05, 0) is 50.3 Å². The van der Waals surface area contributed by atoms with Gasteiger partial charge >= 0.3 is 0 Å². The molecule has 3 rings (SSSR count). The van der Waals surface area contributed by atoms with Crippen LogP contribution in [0.2, 0.25) is 0 Å². The predicted octanol–water partition coefficient (Wildman–Crippen LogP) is 9.11. The summed E-state index contributed by atoms with van der Waals surface area (Å²) in [7, 11) is 0. The molecule has 2 aromatic rings. The first-order valence-electron chi connectivity index (χ1n) is 13.5. The summed E-state index contributed by atoms with van der Waals surface area (Å²) >= 11 is 0. The summed E-state index contributed by atoms with van der Waals surface area (Å²) in [5, 5.41) is 6.52. The van der Waals surface area contributed by atoms with Crippen molar-refractivity contribution < 1.29 is 4.39 Å². The van der Waals surface area contributed by atoms with Crippen molar-refractivity contribution in [2.24, 2.45) is 0 Å². The average Bonchev–Trinajstić information content (AvgIpc) is 3.26. The molecule has 0 atom stereocenters. The Kier molecular flexibility index (Phi) is 18.8. The van der Waals surface area contributed by atoms with Crippen LogP contribution in [0.4, 0.5) is 4.39 Å². The standard InChI is InChI=1S/C20H24N4.2C4H10.C3H7F/c1-15(2)23-11-6-8-18-7-5-9-19(13-18)20-14-21-24(17(20)4)12-10-16(3)22-23;2*1-3-4-2;1-2-3-4/h5,7,9-10,12-14,22H,1,3,6,8,11H2,2,4H3;2*3-4H2,1-2H3;2-3H2,1H3/b12-10-;;;. The molecule has 5 heteroatoms. The van der Waals surface area contributed by atoms with E-state index in [0.717, 1.165) is 36.5 Å². The van der Waals surface area contributed by atoms with Crippen molar-refractivity contribution in [2.45, 2.75) is 93.4 Å². The number of benzene rings is 1. The molecule has 0 unspecified atom stereocenters. The lowest BCUT2D eigenvalue weighted by atomic mass is 10.0. The highest BCUT2D eigenvalue weighted by Gasteiger charge is 2.10. The van der Waals surface area contributed by atoms with Crippen LogP contribution in [-0.4, -0.2) is 28.0 Å². The number of allylic oxidation sites excluding steroid dienone is 2. The molecule has 1 N–H and O–H groups in total. The number of nitrogens with one attached hydrogen (secondary N) is 1. The van der Waals surface area contributed by atoms with Crippen molar-refractivity contribution in [2.75, 3.05) is 13.2 Å². The number of aryl methyl sites for hydroxylation is 1. The number of unbranched alkanes of at least 4 members (excludes halogenated alkanes) is 2. The molecule has 202 valence electrons. The van der Waals surface area contributed by atoms with Gasteiger partial charge < -0.3 is 0 Å². The lowest BCUT2D eigenvalue weighted by Gasteiger charge is -2.26. The smallest absolute Gasteiger partial charge is 0.0891 e. The summed E-state index contributed by atoms with van der Waals surface area (Å²) in [6.07, 6.45) is 13.8. The first kappa shape index (κ1) is 33.2. The van der Waals surface area contributed by atoms with Gasteiger partial charge in [-0.25, -0.2) is 4.68 Å². The van der Waals surface area contributed by atoms with Crippen molar-refractivity contribution in [3.63, 3.8) is 0 Å². The summed E-state index contributed by atoms with van der Waals surface area (Å²) in [4.78, 5) is 0. The van der Waals surface area contributed by atoms with E-state index in [1.54, 1.807) is 6.92 Å². The van der Waals surface area contributed by atoms with Crippen LogP contribution in [0.5, 0.6) is 0 Å². The first-order chi connectivity index (χ1) is 17.3. The Morgan fingerprint density at radius 3 is 2.19 bits per heavy atom.